The van der Waals surface area contributed by atoms with Gasteiger partial charge < -0.3 is 10.1 Å². The topological polar surface area (TPSA) is 61.0 Å². The molecule has 0 radical (unpaired) electrons. The second-order valence-corrected chi connectivity index (χ2v) is 3.79. The third kappa shape index (κ3) is 2.72. The molecule has 0 saturated heterocycles. The van der Waals surface area contributed by atoms with Gasteiger partial charge in [-0.15, -0.1) is 0 Å². The van der Waals surface area contributed by atoms with E-state index in [4.69, 9.17) is 0 Å². The molecule has 2 rings (SSSR count). The largest absolute Gasteiger partial charge is 0.413 e. The number of benzene rings is 1. The monoisotopic (exact) mass is 271 g/mol. The Morgan fingerprint density at radius 2 is 1.89 bits per heavy atom. The molecule has 100 valence electrons. The van der Waals surface area contributed by atoms with Gasteiger partial charge in [0.1, 0.15) is 6.20 Å². The van der Waals surface area contributed by atoms with Crippen LogP contribution in [-0.2, 0) is 0 Å². The van der Waals surface area contributed by atoms with E-state index in [1.807, 2.05) is 0 Å². The lowest BCUT2D eigenvalue weighted by molar-refractivity contribution is -0.389. The summed E-state index contributed by atoms with van der Waals surface area (Å²) in [5.74, 6) is -0.620. The van der Waals surface area contributed by atoms with Crippen molar-refractivity contribution in [3.63, 3.8) is 0 Å². The van der Waals surface area contributed by atoms with Crippen molar-refractivity contribution in [1.82, 2.24) is 9.55 Å². The van der Waals surface area contributed by atoms with Gasteiger partial charge in [0.15, 0.2) is 6.04 Å². The van der Waals surface area contributed by atoms with Crippen LogP contribution in [0.2, 0.25) is 0 Å². The highest BCUT2D eigenvalue weighted by Gasteiger charge is 2.43. The second-order valence-electron chi connectivity index (χ2n) is 3.79. The lowest BCUT2D eigenvalue weighted by atomic mass is 10.1. The van der Waals surface area contributed by atoms with Gasteiger partial charge in [0, 0.05) is 0 Å². The maximum absolute atomic E-state index is 13.1. The average molecular weight is 271 g/mol. The Morgan fingerprint density at radius 3 is 2.37 bits per heavy atom. The van der Waals surface area contributed by atoms with E-state index in [0.717, 1.165) is 12.5 Å². The molecular weight excluding hydrogens is 263 g/mol. The number of imidazole rings is 1. The minimum absolute atomic E-state index is 0.0118. The van der Waals surface area contributed by atoms with Crippen molar-refractivity contribution in [2.24, 2.45) is 0 Å². The summed E-state index contributed by atoms with van der Waals surface area (Å²) in [4.78, 5) is 13.0. The SMILES string of the molecule is O=[N+]([O-])c1cn(C(c2ccccc2)C(F)(F)F)cn1. The molecule has 1 unspecified atom stereocenters. The maximum atomic E-state index is 13.1. The van der Waals surface area contributed by atoms with Gasteiger partial charge >= 0.3 is 12.0 Å². The molecule has 1 aromatic carbocycles. The first kappa shape index (κ1) is 13.1. The highest BCUT2D eigenvalue weighted by atomic mass is 19.4. The van der Waals surface area contributed by atoms with Gasteiger partial charge in [-0.2, -0.15) is 13.2 Å². The zero-order chi connectivity index (χ0) is 14.0. The Labute approximate surface area is 105 Å². The van der Waals surface area contributed by atoms with Gasteiger partial charge in [0.2, 0.25) is 6.33 Å². The third-order valence-corrected chi connectivity index (χ3v) is 2.50. The molecule has 0 amide bonds. The fraction of sp³-hybridized carbons (Fsp3) is 0.182. The Balaban J connectivity index is 2.47. The van der Waals surface area contributed by atoms with Crippen molar-refractivity contribution in [3.05, 3.63) is 58.5 Å². The highest BCUT2D eigenvalue weighted by Crippen LogP contribution is 2.36. The molecule has 1 atom stereocenters. The third-order valence-electron chi connectivity index (χ3n) is 2.50. The average Bonchev–Trinajstić information content (AvgIpc) is 2.78. The number of aromatic nitrogens is 2. The minimum atomic E-state index is -4.57. The Kier molecular flexibility index (Phi) is 3.24. The van der Waals surface area contributed by atoms with Gasteiger partial charge in [0.25, 0.3) is 0 Å². The van der Waals surface area contributed by atoms with Gasteiger partial charge in [-0.3, -0.25) is 4.57 Å². The van der Waals surface area contributed by atoms with Crippen LogP contribution in [-0.4, -0.2) is 20.7 Å². The molecule has 0 aliphatic carbocycles. The summed E-state index contributed by atoms with van der Waals surface area (Å²) in [6.07, 6.45) is -3.00. The van der Waals surface area contributed by atoms with E-state index in [0.29, 0.717) is 4.57 Å². The van der Waals surface area contributed by atoms with Gasteiger partial charge in [-0.05, 0) is 15.5 Å². The first-order valence-corrected chi connectivity index (χ1v) is 5.19. The van der Waals surface area contributed by atoms with E-state index >= 15 is 0 Å². The molecule has 0 aliphatic rings. The molecule has 0 saturated carbocycles. The molecule has 0 N–H and O–H groups in total. The highest BCUT2D eigenvalue weighted by molar-refractivity contribution is 5.24. The van der Waals surface area contributed by atoms with E-state index in [1.165, 1.54) is 24.3 Å². The Hall–Kier alpha value is -2.38. The van der Waals surface area contributed by atoms with Crippen LogP contribution < -0.4 is 0 Å². The van der Waals surface area contributed by atoms with Crippen LogP contribution in [0.25, 0.3) is 0 Å². The van der Waals surface area contributed by atoms with Crippen LogP contribution >= 0.6 is 0 Å². The van der Waals surface area contributed by atoms with E-state index in [1.54, 1.807) is 6.07 Å². The Bertz CT molecular complexity index is 580. The summed E-state index contributed by atoms with van der Waals surface area (Å²) in [6.45, 7) is 0. The number of nitrogens with zero attached hydrogens (tertiary/aromatic N) is 3. The molecule has 2 aromatic rings. The lowest BCUT2D eigenvalue weighted by Gasteiger charge is -2.20. The zero-order valence-electron chi connectivity index (χ0n) is 9.41. The molecule has 19 heavy (non-hydrogen) atoms. The van der Waals surface area contributed by atoms with Gasteiger partial charge in [-0.25, -0.2) is 0 Å². The van der Waals surface area contributed by atoms with Gasteiger partial charge in [0.05, 0.1) is 0 Å². The van der Waals surface area contributed by atoms with Crippen LogP contribution in [0.3, 0.4) is 0 Å². The van der Waals surface area contributed by atoms with E-state index < -0.39 is 23.0 Å². The van der Waals surface area contributed by atoms with Crippen LogP contribution in [0.4, 0.5) is 19.0 Å². The van der Waals surface area contributed by atoms with Crippen LogP contribution in [0, 0.1) is 10.1 Å². The molecular formula is C11H8F3N3O2. The van der Waals surface area contributed by atoms with Crippen molar-refractivity contribution in [3.8, 4) is 0 Å². The minimum Gasteiger partial charge on any atom is -0.358 e. The summed E-state index contributed by atoms with van der Waals surface area (Å²) < 4.78 is 39.9. The fourth-order valence-electron chi connectivity index (χ4n) is 1.73. The normalized spacial score (nSPS) is 13.2. The van der Waals surface area contributed by atoms with Crippen molar-refractivity contribution < 1.29 is 18.1 Å². The van der Waals surface area contributed by atoms with Crippen LogP contribution in [0.5, 0.6) is 0 Å². The van der Waals surface area contributed by atoms with Crippen molar-refractivity contribution >= 4 is 5.82 Å². The summed E-state index contributed by atoms with van der Waals surface area (Å²) >= 11 is 0. The molecule has 0 bridgehead atoms. The number of hydrogen-bond acceptors (Lipinski definition) is 3. The molecule has 5 nitrogen and oxygen atoms in total. The fourth-order valence-corrected chi connectivity index (χ4v) is 1.73. The zero-order valence-corrected chi connectivity index (χ0v) is 9.41. The lowest BCUT2D eigenvalue weighted by Crippen LogP contribution is -2.26. The van der Waals surface area contributed by atoms with E-state index in [-0.39, 0.29) is 5.56 Å². The first-order valence-electron chi connectivity index (χ1n) is 5.19. The van der Waals surface area contributed by atoms with E-state index in [2.05, 4.69) is 4.98 Å². The van der Waals surface area contributed by atoms with Crippen molar-refractivity contribution in [2.45, 2.75) is 12.2 Å². The van der Waals surface area contributed by atoms with Gasteiger partial charge in [-0.1, -0.05) is 30.3 Å². The van der Waals surface area contributed by atoms with Crippen LogP contribution in [0.15, 0.2) is 42.9 Å². The molecule has 0 fully saturated rings. The predicted molar refractivity (Wildman–Crippen MR) is 59.5 cm³/mol. The summed E-state index contributed by atoms with van der Waals surface area (Å²) in [5.41, 5.74) is -0.0118. The van der Waals surface area contributed by atoms with Crippen molar-refractivity contribution in [1.29, 1.82) is 0 Å². The quantitative estimate of drug-likeness (QED) is 0.637. The first-order chi connectivity index (χ1) is 8.89. The maximum Gasteiger partial charge on any atom is 0.413 e. The standard InChI is InChI=1S/C11H8F3N3O2/c12-11(13,14)10(8-4-2-1-3-5-8)16-6-9(15-7-16)17(18)19/h1-7,10H. The predicted octanol–water partition coefficient (Wildman–Crippen LogP) is 2.94. The number of alkyl halides is 3. The smallest absolute Gasteiger partial charge is 0.358 e. The summed E-state index contributed by atoms with van der Waals surface area (Å²) in [6, 6.07) is 5.16. The number of hydrogen-bond donors (Lipinski definition) is 0. The summed E-state index contributed by atoms with van der Waals surface area (Å²) in [5, 5.41) is 10.5. The molecule has 0 spiro atoms. The molecule has 8 heteroatoms. The second kappa shape index (κ2) is 4.71. The molecule has 1 heterocycles. The number of halogens is 3. The van der Waals surface area contributed by atoms with Crippen LogP contribution in [0.1, 0.15) is 11.6 Å². The number of nitro groups is 1. The number of rotatable bonds is 3. The van der Waals surface area contributed by atoms with E-state index in [9.17, 15) is 23.3 Å². The molecule has 1 aromatic heterocycles. The van der Waals surface area contributed by atoms with Crippen molar-refractivity contribution in [2.75, 3.05) is 0 Å². The Morgan fingerprint density at radius 1 is 1.26 bits per heavy atom. The molecule has 0 aliphatic heterocycles. The summed E-state index contributed by atoms with van der Waals surface area (Å²) in [7, 11) is 0.